The van der Waals surface area contributed by atoms with Crippen molar-refractivity contribution in [1.29, 1.82) is 0 Å². The lowest BCUT2D eigenvalue weighted by Crippen LogP contribution is -2.44. The van der Waals surface area contributed by atoms with Crippen molar-refractivity contribution in [3.63, 3.8) is 0 Å². The summed E-state index contributed by atoms with van der Waals surface area (Å²) >= 11 is 18.0. The van der Waals surface area contributed by atoms with Crippen molar-refractivity contribution >= 4 is 40.7 Å². The summed E-state index contributed by atoms with van der Waals surface area (Å²) in [6.45, 7) is 4.79. The molecule has 2 aromatic rings. The number of phenols is 1. The first-order valence-corrected chi connectivity index (χ1v) is 9.94. The van der Waals surface area contributed by atoms with E-state index in [1.807, 2.05) is 6.07 Å². The number of amides is 1. The molecule has 1 aliphatic heterocycles. The molecular formula is C20H21Cl3N2O2. The number of phenolic OH excluding ortho intramolecular Hbond substituents is 1. The predicted molar refractivity (Wildman–Crippen MR) is 110 cm³/mol. The molecule has 0 unspecified atom stereocenters. The molecule has 3 rings (SSSR count). The van der Waals surface area contributed by atoms with E-state index in [9.17, 15) is 9.90 Å². The van der Waals surface area contributed by atoms with E-state index in [4.69, 9.17) is 34.8 Å². The number of carbonyl (C=O) groups excluding carboxylic acids is 1. The maximum absolute atomic E-state index is 12.6. The minimum absolute atomic E-state index is 0.00241. The summed E-state index contributed by atoms with van der Waals surface area (Å²) in [5, 5.41) is 13.2. The van der Waals surface area contributed by atoms with Crippen LogP contribution >= 0.6 is 34.8 Å². The molecule has 0 atom stereocenters. The van der Waals surface area contributed by atoms with Crippen LogP contribution in [0.15, 0.2) is 30.3 Å². The Labute approximate surface area is 174 Å². The summed E-state index contributed by atoms with van der Waals surface area (Å²) < 4.78 is 0. The Balaban J connectivity index is 1.60. The van der Waals surface area contributed by atoms with Gasteiger partial charge in [0, 0.05) is 25.7 Å². The summed E-state index contributed by atoms with van der Waals surface area (Å²) in [5.74, 6) is -0.806. The van der Waals surface area contributed by atoms with E-state index in [0.29, 0.717) is 0 Å². The van der Waals surface area contributed by atoms with Gasteiger partial charge in [0.05, 0.1) is 15.1 Å². The molecule has 1 amide bonds. The van der Waals surface area contributed by atoms with Gasteiger partial charge in [-0.2, -0.15) is 0 Å². The Morgan fingerprint density at radius 2 is 1.85 bits per heavy atom. The van der Waals surface area contributed by atoms with Gasteiger partial charge in [-0.25, -0.2) is 0 Å². The summed E-state index contributed by atoms with van der Waals surface area (Å²) in [7, 11) is 0. The quantitative estimate of drug-likeness (QED) is 0.671. The van der Waals surface area contributed by atoms with Crippen LogP contribution in [-0.4, -0.2) is 35.0 Å². The standard InChI is InChI=1S/C20H21Cl3N2O2/c1-12-4-2-3-5-13(12)11-25-8-6-14(7-9-25)24-20(27)17-18(23)15(21)10-16(22)19(17)26/h2-5,10,14,26H,6-9,11H2,1H3,(H,24,27). The van der Waals surface area contributed by atoms with E-state index in [2.05, 4.69) is 35.3 Å². The van der Waals surface area contributed by atoms with Gasteiger partial charge in [0.1, 0.15) is 11.3 Å². The second kappa shape index (κ2) is 8.70. The predicted octanol–water partition coefficient (Wildman–Crippen LogP) is 5.06. The van der Waals surface area contributed by atoms with Crippen molar-refractivity contribution in [2.45, 2.75) is 32.4 Å². The van der Waals surface area contributed by atoms with Gasteiger partial charge in [0.15, 0.2) is 0 Å². The van der Waals surface area contributed by atoms with E-state index in [1.165, 1.54) is 17.2 Å². The zero-order chi connectivity index (χ0) is 19.6. The number of benzene rings is 2. The van der Waals surface area contributed by atoms with Crippen LogP contribution in [0.4, 0.5) is 0 Å². The van der Waals surface area contributed by atoms with E-state index < -0.39 is 5.91 Å². The average Bonchev–Trinajstić information content (AvgIpc) is 2.64. The number of aromatic hydroxyl groups is 1. The molecule has 0 bridgehead atoms. The van der Waals surface area contributed by atoms with Gasteiger partial charge in [0.2, 0.25) is 0 Å². The van der Waals surface area contributed by atoms with Crippen molar-refractivity contribution in [2.75, 3.05) is 13.1 Å². The molecule has 0 radical (unpaired) electrons. The maximum Gasteiger partial charge on any atom is 0.256 e. The summed E-state index contributed by atoms with van der Waals surface area (Å²) in [4.78, 5) is 15.0. The Hall–Kier alpha value is -1.46. The van der Waals surface area contributed by atoms with Crippen LogP contribution in [0, 0.1) is 6.92 Å². The normalized spacial score (nSPS) is 15.7. The van der Waals surface area contributed by atoms with Crippen LogP contribution in [0.2, 0.25) is 15.1 Å². The molecule has 2 N–H and O–H groups in total. The smallest absolute Gasteiger partial charge is 0.256 e. The third-order valence-electron chi connectivity index (χ3n) is 4.95. The second-order valence-electron chi connectivity index (χ2n) is 6.83. The van der Waals surface area contributed by atoms with Crippen LogP contribution in [0.5, 0.6) is 5.75 Å². The number of carbonyl (C=O) groups is 1. The molecule has 4 nitrogen and oxygen atoms in total. The Morgan fingerprint density at radius 3 is 2.52 bits per heavy atom. The van der Waals surface area contributed by atoms with Gasteiger partial charge in [0.25, 0.3) is 5.91 Å². The molecule has 0 saturated carbocycles. The van der Waals surface area contributed by atoms with Crippen molar-refractivity contribution in [2.24, 2.45) is 0 Å². The van der Waals surface area contributed by atoms with Crippen molar-refractivity contribution < 1.29 is 9.90 Å². The van der Waals surface area contributed by atoms with Crippen molar-refractivity contribution in [3.8, 4) is 5.75 Å². The Morgan fingerprint density at radius 1 is 1.19 bits per heavy atom. The van der Waals surface area contributed by atoms with Gasteiger partial charge >= 0.3 is 0 Å². The fourth-order valence-corrected chi connectivity index (χ4v) is 4.01. The number of aryl methyl sites for hydroxylation is 1. The zero-order valence-corrected chi connectivity index (χ0v) is 17.2. The van der Waals surface area contributed by atoms with Gasteiger partial charge < -0.3 is 10.4 Å². The third-order valence-corrected chi connectivity index (χ3v) is 6.03. The lowest BCUT2D eigenvalue weighted by atomic mass is 10.0. The van der Waals surface area contributed by atoms with Crippen LogP contribution in [0.1, 0.15) is 34.3 Å². The molecule has 0 aromatic heterocycles. The molecule has 7 heteroatoms. The van der Waals surface area contributed by atoms with Crippen LogP contribution in [0.25, 0.3) is 0 Å². The Kier molecular flexibility index (Phi) is 6.53. The Bertz CT molecular complexity index is 823. The number of rotatable bonds is 4. The minimum atomic E-state index is -0.459. The second-order valence-corrected chi connectivity index (χ2v) is 8.02. The molecule has 1 fully saturated rings. The first kappa shape index (κ1) is 20.3. The highest BCUT2D eigenvalue weighted by molar-refractivity contribution is 6.45. The molecule has 0 aliphatic carbocycles. The highest BCUT2D eigenvalue weighted by atomic mass is 35.5. The number of nitrogens with zero attached hydrogens (tertiary/aromatic N) is 1. The van der Waals surface area contributed by atoms with E-state index >= 15 is 0 Å². The van der Waals surface area contributed by atoms with E-state index in [0.717, 1.165) is 32.5 Å². The van der Waals surface area contributed by atoms with Crippen LogP contribution in [0.3, 0.4) is 0 Å². The van der Waals surface area contributed by atoms with Crippen molar-refractivity contribution in [1.82, 2.24) is 10.2 Å². The largest absolute Gasteiger partial charge is 0.505 e. The average molecular weight is 428 g/mol. The first-order valence-electron chi connectivity index (χ1n) is 8.81. The molecule has 1 saturated heterocycles. The van der Waals surface area contributed by atoms with Gasteiger partial charge in [-0.15, -0.1) is 0 Å². The van der Waals surface area contributed by atoms with E-state index in [-0.39, 0.29) is 32.4 Å². The summed E-state index contributed by atoms with van der Waals surface area (Å²) in [6.07, 6.45) is 1.65. The molecule has 27 heavy (non-hydrogen) atoms. The molecule has 1 heterocycles. The number of hydrogen-bond acceptors (Lipinski definition) is 3. The first-order chi connectivity index (χ1) is 12.9. The zero-order valence-electron chi connectivity index (χ0n) is 14.9. The topological polar surface area (TPSA) is 52.6 Å². The minimum Gasteiger partial charge on any atom is -0.505 e. The van der Waals surface area contributed by atoms with Gasteiger partial charge in [-0.3, -0.25) is 9.69 Å². The summed E-state index contributed by atoms with van der Waals surface area (Å²) in [6, 6.07) is 9.71. The number of hydrogen-bond donors (Lipinski definition) is 2. The number of piperidine rings is 1. The third kappa shape index (κ3) is 4.69. The molecular weight excluding hydrogens is 407 g/mol. The lowest BCUT2D eigenvalue weighted by molar-refractivity contribution is 0.0906. The SMILES string of the molecule is Cc1ccccc1CN1CCC(NC(=O)c2c(O)c(Cl)cc(Cl)c2Cl)CC1. The van der Waals surface area contributed by atoms with Crippen molar-refractivity contribution in [3.05, 3.63) is 62.1 Å². The highest BCUT2D eigenvalue weighted by Crippen LogP contribution is 2.38. The van der Waals surface area contributed by atoms with Crippen LogP contribution in [-0.2, 0) is 6.54 Å². The number of nitrogens with one attached hydrogen (secondary N) is 1. The number of likely N-dealkylation sites (tertiary alicyclic amines) is 1. The molecule has 1 aliphatic rings. The van der Waals surface area contributed by atoms with E-state index in [1.54, 1.807) is 0 Å². The van der Waals surface area contributed by atoms with Crippen LogP contribution < -0.4 is 5.32 Å². The molecule has 144 valence electrons. The fourth-order valence-electron chi connectivity index (χ4n) is 3.31. The molecule has 0 spiro atoms. The summed E-state index contributed by atoms with van der Waals surface area (Å²) in [5.41, 5.74) is 2.54. The lowest BCUT2D eigenvalue weighted by Gasteiger charge is -2.32. The monoisotopic (exact) mass is 426 g/mol. The molecule has 2 aromatic carbocycles. The highest BCUT2D eigenvalue weighted by Gasteiger charge is 2.26. The number of halogens is 3. The van der Waals surface area contributed by atoms with Gasteiger partial charge in [-0.1, -0.05) is 59.1 Å². The fraction of sp³-hybridized carbons (Fsp3) is 0.350. The van der Waals surface area contributed by atoms with Gasteiger partial charge in [-0.05, 0) is 37.0 Å². The maximum atomic E-state index is 12.6.